The van der Waals surface area contributed by atoms with E-state index in [1.807, 2.05) is 4.90 Å². The fraction of sp³-hybridized carbons (Fsp3) is 0.667. The van der Waals surface area contributed by atoms with Crippen molar-refractivity contribution in [2.45, 2.75) is 44.4 Å². The van der Waals surface area contributed by atoms with Gasteiger partial charge in [-0.2, -0.15) is 0 Å². The molecule has 0 saturated carbocycles. The van der Waals surface area contributed by atoms with E-state index >= 15 is 0 Å². The first-order chi connectivity index (χ1) is 13.2. The van der Waals surface area contributed by atoms with Gasteiger partial charge in [0, 0.05) is 46.4 Å². The maximum Gasteiger partial charge on any atom is 0.317 e. The van der Waals surface area contributed by atoms with Crippen molar-refractivity contribution in [2.24, 2.45) is 0 Å². The maximum absolute atomic E-state index is 12.1. The number of hydrogen-bond donors (Lipinski definition) is 1. The van der Waals surface area contributed by atoms with Crippen molar-refractivity contribution < 1.29 is 14.3 Å². The number of carbonyl (C=O) groups is 1. The largest absolute Gasteiger partial charge is 0.383 e. The molecule has 0 aliphatic carbocycles. The number of nitrogens with zero attached hydrogens (tertiary/aromatic N) is 2. The van der Waals surface area contributed by atoms with Crippen LogP contribution in [0.5, 0.6) is 0 Å². The van der Waals surface area contributed by atoms with Crippen molar-refractivity contribution in [2.75, 3.05) is 46.4 Å². The molecule has 2 amide bonds. The topological polar surface area (TPSA) is 54.0 Å². The van der Waals surface area contributed by atoms with Gasteiger partial charge in [-0.15, -0.1) is 0 Å². The highest BCUT2D eigenvalue weighted by molar-refractivity contribution is 5.74. The summed E-state index contributed by atoms with van der Waals surface area (Å²) in [6, 6.07) is 10.7. The first-order valence-corrected chi connectivity index (χ1v) is 10.2. The minimum absolute atomic E-state index is 0.0136. The summed E-state index contributed by atoms with van der Waals surface area (Å²) in [5.41, 5.74) is 1.38. The molecule has 0 spiro atoms. The molecule has 6 heteroatoms. The zero-order valence-electron chi connectivity index (χ0n) is 16.4. The predicted molar refractivity (Wildman–Crippen MR) is 106 cm³/mol. The van der Waals surface area contributed by atoms with E-state index in [-0.39, 0.29) is 6.03 Å². The number of amides is 2. The van der Waals surface area contributed by atoms with Crippen molar-refractivity contribution in [3.8, 4) is 0 Å². The van der Waals surface area contributed by atoms with Gasteiger partial charge in [0.25, 0.3) is 0 Å². The molecule has 1 N–H and O–H groups in total. The number of likely N-dealkylation sites (tertiary alicyclic amines) is 2. The van der Waals surface area contributed by atoms with Crippen LogP contribution in [0.2, 0.25) is 0 Å². The van der Waals surface area contributed by atoms with E-state index in [0.717, 1.165) is 58.4 Å². The van der Waals surface area contributed by atoms with Crippen LogP contribution in [0.15, 0.2) is 30.3 Å². The lowest BCUT2D eigenvalue weighted by atomic mass is 10.0. The highest BCUT2D eigenvalue weighted by atomic mass is 16.5. The van der Waals surface area contributed by atoms with Crippen LogP contribution in [0.1, 0.15) is 31.2 Å². The number of benzene rings is 1. The van der Waals surface area contributed by atoms with Gasteiger partial charge in [-0.1, -0.05) is 30.3 Å². The number of hydrogen-bond acceptors (Lipinski definition) is 4. The van der Waals surface area contributed by atoms with Crippen molar-refractivity contribution in [1.29, 1.82) is 0 Å². The van der Waals surface area contributed by atoms with Crippen molar-refractivity contribution >= 4 is 6.03 Å². The zero-order chi connectivity index (χ0) is 18.9. The third kappa shape index (κ3) is 6.48. The van der Waals surface area contributed by atoms with Crippen LogP contribution in [0.4, 0.5) is 4.79 Å². The van der Waals surface area contributed by atoms with E-state index in [1.54, 1.807) is 7.11 Å². The molecular weight excluding hydrogens is 342 g/mol. The first kappa shape index (κ1) is 20.1. The Morgan fingerprint density at radius 1 is 1.04 bits per heavy atom. The van der Waals surface area contributed by atoms with Crippen LogP contribution in [0, 0.1) is 0 Å². The van der Waals surface area contributed by atoms with Gasteiger partial charge in [-0.3, -0.25) is 4.90 Å². The Labute approximate surface area is 162 Å². The summed E-state index contributed by atoms with van der Waals surface area (Å²) in [7, 11) is 1.64. The smallest absolute Gasteiger partial charge is 0.317 e. The van der Waals surface area contributed by atoms with Gasteiger partial charge < -0.3 is 19.7 Å². The molecule has 2 aliphatic rings. The van der Waals surface area contributed by atoms with E-state index < -0.39 is 0 Å². The molecule has 1 aromatic rings. The second-order valence-electron chi connectivity index (χ2n) is 7.51. The third-order valence-electron chi connectivity index (χ3n) is 5.48. The molecule has 1 aromatic carbocycles. The Balaban J connectivity index is 1.31. The van der Waals surface area contributed by atoms with E-state index in [4.69, 9.17) is 9.47 Å². The SMILES string of the molecule is COCCNC(=O)N1CCC(OC2CCN(Cc3ccccc3)CC2)CC1. The maximum atomic E-state index is 12.1. The number of piperidine rings is 2. The van der Waals surface area contributed by atoms with Crippen LogP contribution in [0.25, 0.3) is 0 Å². The van der Waals surface area contributed by atoms with Gasteiger partial charge in [0.2, 0.25) is 0 Å². The third-order valence-corrected chi connectivity index (χ3v) is 5.48. The number of ether oxygens (including phenoxy) is 2. The lowest BCUT2D eigenvalue weighted by Crippen LogP contribution is -2.47. The van der Waals surface area contributed by atoms with Crippen LogP contribution in [-0.2, 0) is 16.0 Å². The monoisotopic (exact) mass is 375 g/mol. The van der Waals surface area contributed by atoms with E-state index in [2.05, 4.69) is 40.5 Å². The Bertz CT molecular complexity index is 553. The molecule has 3 rings (SSSR count). The molecule has 2 fully saturated rings. The van der Waals surface area contributed by atoms with Crippen molar-refractivity contribution in [1.82, 2.24) is 15.1 Å². The molecule has 0 bridgehead atoms. The average molecular weight is 376 g/mol. The Morgan fingerprint density at radius 2 is 1.67 bits per heavy atom. The van der Waals surface area contributed by atoms with Gasteiger partial charge in [-0.25, -0.2) is 4.79 Å². The first-order valence-electron chi connectivity index (χ1n) is 10.2. The fourth-order valence-corrected chi connectivity index (χ4v) is 3.88. The van der Waals surface area contributed by atoms with Crippen molar-refractivity contribution in [3.63, 3.8) is 0 Å². The van der Waals surface area contributed by atoms with Crippen LogP contribution >= 0.6 is 0 Å². The second kappa shape index (κ2) is 10.6. The molecule has 2 saturated heterocycles. The minimum atomic E-state index is 0.0136. The number of nitrogens with one attached hydrogen (secondary N) is 1. The quantitative estimate of drug-likeness (QED) is 0.744. The van der Waals surface area contributed by atoms with Gasteiger partial charge in [0.05, 0.1) is 18.8 Å². The molecule has 0 unspecified atom stereocenters. The summed E-state index contributed by atoms with van der Waals surface area (Å²) in [4.78, 5) is 16.5. The Morgan fingerprint density at radius 3 is 2.30 bits per heavy atom. The molecule has 0 atom stereocenters. The van der Waals surface area contributed by atoms with E-state index in [1.165, 1.54) is 5.56 Å². The number of carbonyl (C=O) groups excluding carboxylic acids is 1. The summed E-state index contributed by atoms with van der Waals surface area (Å²) in [6.45, 7) is 5.89. The normalized spacial score (nSPS) is 20.0. The summed E-state index contributed by atoms with van der Waals surface area (Å²) in [6.07, 6.45) is 4.72. The van der Waals surface area contributed by atoms with Crippen LogP contribution in [-0.4, -0.2) is 74.5 Å². The summed E-state index contributed by atoms with van der Waals surface area (Å²) in [5.74, 6) is 0. The molecule has 0 radical (unpaired) electrons. The van der Waals surface area contributed by atoms with E-state index in [9.17, 15) is 4.79 Å². The number of urea groups is 1. The molecule has 0 aromatic heterocycles. The number of rotatable bonds is 7. The Hall–Kier alpha value is -1.63. The van der Waals surface area contributed by atoms with Crippen LogP contribution in [0.3, 0.4) is 0 Å². The van der Waals surface area contributed by atoms with E-state index in [0.29, 0.717) is 25.4 Å². The standard InChI is InChI=1S/C21H33N3O3/c1-26-16-11-22-21(25)24-14-9-20(10-15-24)27-19-7-12-23(13-8-19)17-18-5-3-2-4-6-18/h2-6,19-20H,7-17H2,1H3,(H,22,25). The fourth-order valence-electron chi connectivity index (χ4n) is 3.88. The van der Waals surface area contributed by atoms with Gasteiger partial charge >= 0.3 is 6.03 Å². The number of methoxy groups -OCH3 is 1. The molecular formula is C21H33N3O3. The van der Waals surface area contributed by atoms with Crippen LogP contribution < -0.4 is 5.32 Å². The van der Waals surface area contributed by atoms with Gasteiger partial charge in [-0.05, 0) is 31.2 Å². The lowest BCUT2D eigenvalue weighted by molar-refractivity contribution is -0.0620. The highest BCUT2D eigenvalue weighted by Crippen LogP contribution is 2.22. The molecule has 27 heavy (non-hydrogen) atoms. The molecule has 2 aliphatic heterocycles. The summed E-state index contributed by atoms with van der Waals surface area (Å²) >= 11 is 0. The zero-order valence-corrected chi connectivity index (χ0v) is 16.4. The molecule has 150 valence electrons. The lowest BCUT2D eigenvalue weighted by Gasteiger charge is -2.37. The predicted octanol–water partition coefficient (Wildman–Crippen LogP) is 2.49. The van der Waals surface area contributed by atoms with Gasteiger partial charge in [0.15, 0.2) is 0 Å². The second-order valence-corrected chi connectivity index (χ2v) is 7.51. The molecule has 2 heterocycles. The van der Waals surface area contributed by atoms with Gasteiger partial charge in [0.1, 0.15) is 0 Å². The van der Waals surface area contributed by atoms with Crippen molar-refractivity contribution in [3.05, 3.63) is 35.9 Å². The minimum Gasteiger partial charge on any atom is -0.383 e. The summed E-state index contributed by atoms with van der Waals surface area (Å²) < 4.78 is 11.3. The average Bonchev–Trinajstić information content (AvgIpc) is 2.71. The highest BCUT2D eigenvalue weighted by Gasteiger charge is 2.27. The summed E-state index contributed by atoms with van der Waals surface area (Å²) in [5, 5.41) is 2.89. The molecule has 6 nitrogen and oxygen atoms in total. The Kier molecular flexibility index (Phi) is 7.93.